The number of nitrogens with zero attached hydrogens (tertiary/aromatic N) is 5. The minimum atomic E-state index is 0.0604. The Labute approximate surface area is 257 Å². The van der Waals surface area contributed by atoms with Gasteiger partial charge in [-0.15, -0.1) is 0 Å². The van der Waals surface area contributed by atoms with Crippen molar-refractivity contribution in [3.05, 3.63) is 93.5 Å². The molecule has 2 aliphatic heterocycles. The molecule has 1 amide bonds. The summed E-state index contributed by atoms with van der Waals surface area (Å²) in [5.74, 6) is 0.781. The molecule has 6 nitrogen and oxygen atoms in total. The predicted molar refractivity (Wildman–Crippen MR) is 170 cm³/mol. The van der Waals surface area contributed by atoms with Crippen LogP contribution in [0.3, 0.4) is 0 Å². The Morgan fingerprint density at radius 2 is 1.71 bits per heavy atom. The largest absolute Gasteiger partial charge is 0.355 e. The van der Waals surface area contributed by atoms with Crippen LogP contribution in [0.25, 0.3) is 22.0 Å². The van der Waals surface area contributed by atoms with E-state index in [1.54, 1.807) is 6.07 Å². The summed E-state index contributed by atoms with van der Waals surface area (Å²) in [6.45, 7) is 4.51. The molecule has 214 valence electrons. The fourth-order valence-electron chi connectivity index (χ4n) is 6.20. The van der Waals surface area contributed by atoms with Crippen LogP contribution in [0.2, 0.25) is 10.0 Å². The molecule has 0 N–H and O–H groups in total. The molecule has 2 fully saturated rings. The van der Waals surface area contributed by atoms with Crippen LogP contribution in [0.5, 0.6) is 0 Å². The number of nitriles is 1. The van der Waals surface area contributed by atoms with Crippen molar-refractivity contribution < 1.29 is 4.79 Å². The minimum Gasteiger partial charge on any atom is -0.355 e. The Morgan fingerprint density at radius 3 is 2.45 bits per heavy atom. The number of likely N-dealkylation sites (tertiary alicyclic amines) is 2. The molecule has 2 aliphatic rings. The highest BCUT2D eigenvalue weighted by atomic mass is 35.5. The van der Waals surface area contributed by atoms with Crippen molar-refractivity contribution in [1.82, 2.24) is 14.8 Å². The first-order valence-corrected chi connectivity index (χ1v) is 15.3. The molecule has 42 heavy (non-hydrogen) atoms. The van der Waals surface area contributed by atoms with E-state index in [1.165, 1.54) is 12.8 Å². The van der Waals surface area contributed by atoms with Crippen LogP contribution in [0, 0.1) is 11.3 Å². The molecular weight excluding hydrogens is 565 g/mol. The summed E-state index contributed by atoms with van der Waals surface area (Å²) in [6, 6.07) is 23.6. The number of amides is 1. The Bertz CT molecular complexity index is 1660. The number of benzene rings is 3. The van der Waals surface area contributed by atoms with Gasteiger partial charge in [-0.05, 0) is 97.9 Å². The van der Waals surface area contributed by atoms with Crippen LogP contribution in [0.1, 0.15) is 47.2 Å². The van der Waals surface area contributed by atoms with E-state index in [0.29, 0.717) is 27.7 Å². The van der Waals surface area contributed by atoms with Gasteiger partial charge in [0.05, 0.1) is 32.8 Å². The predicted octanol–water partition coefficient (Wildman–Crippen LogP) is 7.42. The maximum Gasteiger partial charge on any atom is 0.254 e. The number of rotatable bonds is 7. The van der Waals surface area contributed by atoms with Crippen LogP contribution in [0.4, 0.5) is 5.82 Å². The quantitative estimate of drug-likeness (QED) is 0.222. The average Bonchev–Trinajstić information content (AvgIpc) is 3.70. The number of carbonyl (C=O) groups excluding carboxylic acids is 1. The molecule has 0 saturated carbocycles. The lowest BCUT2D eigenvalue weighted by atomic mass is 9.99. The number of pyridine rings is 1. The standard InChI is InChI=1S/C34H33Cl2N5O/c1-39(21-24-8-12-30(35)31(36)17-24)33-19-29(34(42)41-16-4-5-27(41)22-40-14-2-3-15-40)28-18-26(11-13-32(28)38-33)25-9-6-23(20-37)7-10-25/h6-13,17-19,27H,2-5,14-16,21-22H2,1H3/t27-/m0/s1. The Morgan fingerprint density at radius 1 is 0.952 bits per heavy atom. The zero-order valence-electron chi connectivity index (χ0n) is 23.7. The molecule has 2 saturated heterocycles. The van der Waals surface area contributed by atoms with Gasteiger partial charge in [0, 0.05) is 38.1 Å². The van der Waals surface area contributed by atoms with Crippen LogP contribution in [-0.4, -0.2) is 60.0 Å². The van der Waals surface area contributed by atoms with Crippen LogP contribution >= 0.6 is 23.2 Å². The second-order valence-electron chi connectivity index (χ2n) is 11.4. The van der Waals surface area contributed by atoms with Crippen LogP contribution < -0.4 is 4.90 Å². The van der Waals surface area contributed by atoms with Gasteiger partial charge in [-0.25, -0.2) is 4.98 Å². The summed E-state index contributed by atoms with van der Waals surface area (Å²) in [6.07, 6.45) is 4.53. The van der Waals surface area contributed by atoms with Gasteiger partial charge in [0.15, 0.2) is 0 Å². The molecule has 1 atom stereocenters. The smallest absolute Gasteiger partial charge is 0.254 e. The van der Waals surface area contributed by atoms with Gasteiger partial charge in [-0.1, -0.05) is 47.5 Å². The maximum absolute atomic E-state index is 14.4. The third kappa shape index (κ3) is 5.96. The van der Waals surface area contributed by atoms with Crippen molar-refractivity contribution in [1.29, 1.82) is 5.26 Å². The van der Waals surface area contributed by atoms with Gasteiger partial charge in [-0.2, -0.15) is 5.26 Å². The summed E-state index contributed by atoms with van der Waals surface area (Å²) >= 11 is 12.4. The third-order valence-electron chi connectivity index (χ3n) is 8.47. The van der Waals surface area contributed by atoms with E-state index in [-0.39, 0.29) is 11.9 Å². The fraction of sp³-hybridized carbons (Fsp3) is 0.324. The number of fused-ring (bicyclic) bond motifs is 1. The second-order valence-corrected chi connectivity index (χ2v) is 12.2. The number of hydrogen-bond acceptors (Lipinski definition) is 5. The molecule has 6 rings (SSSR count). The Balaban J connectivity index is 1.39. The first kappa shape index (κ1) is 28.5. The van der Waals surface area contributed by atoms with Gasteiger partial charge in [0.2, 0.25) is 0 Å². The van der Waals surface area contributed by atoms with Crippen LogP contribution in [-0.2, 0) is 6.54 Å². The number of aromatic nitrogens is 1. The van der Waals surface area contributed by atoms with Crippen LogP contribution in [0.15, 0.2) is 66.7 Å². The van der Waals surface area contributed by atoms with Crippen molar-refractivity contribution in [2.45, 2.75) is 38.3 Å². The normalized spacial score (nSPS) is 17.1. The molecule has 3 heterocycles. The summed E-state index contributed by atoms with van der Waals surface area (Å²) in [5, 5.41) is 11.1. The van der Waals surface area contributed by atoms with E-state index in [9.17, 15) is 10.1 Å². The van der Waals surface area contributed by atoms with E-state index < -0.39 is 0 Å². The molecule has 0 bridgehead atoms. The lowest BCUT2D eigenvalue weighted by Crippen LogP contribution is -2.42. The van der Waals surface area contributed by atoms with Crippen molar-refractivity contribution in [3.8, 4) is 17.2 Å². The van der Waals surface area contributed by atoms with E-state index in [1.807, 2.05) is 66.5 Å². The number of carbonyl (C=O) groups is 1. The number of anilines is 1. The van der Waals surface area contributed by atoms with Crippen molar-refractivity contribution in [3.63, 3.8) is 0 Å². The Kier molecular flexibility index (Phi) is 8.35. The fourth-order valence-corrected chi connectivity index (χ4v) is 6.53. The maximum atomic E-state index is 14.4. The first-order chi connectivity index (χ1) is 20.4. The van der Waals surface area contributed by atoms with Gasteiger partial charge < -0.3 is 14.7 Å². The van der Waals surface area contributed by atoms with Crippen molar-refractivity contribution in [2.24, 2.45) is 0 Å². The van der Waals surface area contributed by atoms with E-state index in [4.69, 9.17) is 28.2 Å². The lowest BCUT2D eigenvalue weighted by molar-refractivity contribution is 0.0710. The summed E-state index contributed by atoms with van der Waals surface area (Å²) in [7, 11) is 1.97. The average molecular weight is 599 g/mol. The highest BCUT2D eigenvalue weighted by Gasteiger charge is 2.32. The molecule has 1 aromatic heterocycles. The molecule has 8 heteroatoms. The lowest BCUT2D eigenvalue weighted by Gasteiger charge is -2.29. The summed E-state index contributed by atoms with van der Waals surface area (Å²) in [5.41, 5.74) is 5.02. The summed E-state index contributed by atoms with van der Waals surface area (Å²) in [4.78, 5) is 26.0. The second kappa shape index (κ2) is 12.3. The van der Waals surface area contributed by atoms with E-state index in [2.05, 4.69) is 21.9 Å². The minimum absolute atomic E-state index is 0.0604. The molecule has 0 spiro atoms. The topological polar surface area (TPSA) is 63.5 Å². The van der Waals surface area contributed by atoms with Crippen molar-refractivity contribution >= 4 is 45.8 Å². The highest BCUT2D eigenvalue weighted by Crippen LogP contribution is 2.32. The molecule has 0 aliphatic carbocycles. The number of hydrogen-bond donors (Lipinski definition) is 0. The molecule has 0 radical (unpaired) electrons. The van der Waals surface area contributed by atoms with Gasteiger partial charge in [0.25, 0.3) is 5.91 Å². The summed E-state index contributed by atoms with van der Waals surface area (Å²) < 4.78 is 0. The van der Waals surface area contributed by atoms with Crippen molar-refractivity contribution in [2.75, 3.05) is 38.1 Å². The van der Waals surface area contributed by atoms with Gasteiger partial charge in [0.1, 0.15) is 5.82 Å². The monoisotopic (exact) mass is 597 g/mol. The zero-order chi connectivity index (χ0) is 29.2. The van der Waals surface area contributed by atoms with Gasteiger partial charge >= 0.3 is 0 Å². The molecular formula is C34H33Cl2N5O. The zero-order valence-corrected chi connectivity index (χ0v) is 25.2. The van der Waals surface area contributed by atoms with E-state index >= 15 is 0 Å². The number of halogens is 2. The molecule has 4 aromatic rings. The van der Waals surface area contributed by atoms with E-state index in [0.717, 1.165) is 72.4 Å². The van der Waals surface area contributed by atoms with Gasteiger partial charge in [-0.3, -0.25) is 4.79 Å². The molecule has 3 aromatic carbocycles. The third-order valence-corrected chi connectivity index (χ3v) is 9.21. The first-order valence-electron chi connectivity index (χ1n) is 14.5. The highest BCUT2D eigenvalue weighted by molar-refractivity contribution is 6.42. The molecule has 0 unspecified atom stereocenters. The SMILES string of the molecule is CN(Cc1ccc(Cl)c(Cl)c1)c1cc(C(=O)N2CCC[C@H]2CN2CCCC2)c2cc(-c3ccc(C#N)cc3)ccc2n1. The Hall–Kier alpha value is -3.63.